The van der Waals surface area contributed by atoms with Crippen molar-refractivity contribution in [1.82, 2.24) is 4.90 Å². The van der Waals surface area contributed by atoms with Crippen molar-refractivity contribution in [2.45, 2.75) is 29.5 Å². The van der Waals surface area contributed by atoms with Crippen molar-refractivity contribution in [3.05, 3.63) is 23.8 Å². The zero-order valence-electron chi connectivity index (χ0n) is 13.4. The summed E-state index contributed by atoms with van der Waals surface area (Å²) < 4.78 is 28.3. The highest BCUT2D eigenvalue weighted by Crippen LogP contribution is 2.46. The van der Waals surface area contributed by atoms with Crippen LogP contribution in [0.5, 0.6) is 11.5 Å². The summed E-state index contributed by atoms with van der Waals surface area (Å²) in [6.45, 7) is 0.335. The number of β-lactam (4-membered cyclic amide) rings is 1. The maximum Gasteiger partial charge on any atom is 0.338 e. The summed E-state index contributed by atoms with van der Waals surface area (Å²) in [5.74, 6) is -4.14. The molecule has 2 saturated heterocycles. The number of rotatable bonds is 4. The second-order valence-electron chi connectivity index (χ2n) is 6.34. The molecule has 0 radical (unpaired) electrons. The van der Waals surface area contributed by atoms with Crippen molar-refractivity contribution in [3.63, 3.8) is 0 Å². The summed E-state index contributed by atoms with van der Waals surface area (Å²) in [5.41, 5.74) is -0.162. The number of carboxylic acids is 1. The molecule has 0 spiro atoms. The third-order valence-corrected chi connectivity index (χ3v) is 7.50. The second kappa shape index (κ2) is 5.59. The van der Waals surface area contributed by atoms with Crippen LogP contribution >= 0.6 is 0 Å². The lowest BCUT2D eigenvalue weighted by atomic mass is 9.97. The van der Waals surface area contributed by atoms with Crippen LogP contribution in [0.1, 0.15) is 23.7 Å². The lowest BCUT2D eigenvalue weighted by Crippen LogP contribution is -2.58. The summed E-state index contributed by atoms with van der Waals surface area (Å²) in [6, 6.07) is 1.45. The first kappa shape index (κ1) is 18.0. The van der Waals surface area contributed by atoms with Gasteiger partial charge in [-0.3, -0.25) is 4.79 Å². The molecule has 3 N–H and O–H groups in total. The van der Waals surface area contributed by atoms with E-state index in [9.17, 15) is 38.1 Å². The highest BCUT2D eigenvalue weighted by Gasteiger charge is 2.70. The second-order valence-corrected chi connectivity index (χ2v) is 8.90. The van der Waals surface area contributed by atoms with E-state index in [-0.39, 0.29) is 12.0 Å². The normalized spacial score (nSPS) is 29.0. The monoisotopic (exact) mass is 385 g/mol. The fourth-order valence-corrected chi connectivity index (χ4v) is 5.49. The first-order valence-corrected chi connectivity index (χ1v) is 9.02. The largest absolute Gasteiger partial charge is 0.504 e. The maximum atomic E-state index is 12.7. The molecular weight excluding hydrogens is 370 g/mol. The number of nitrogens with zero attached hydrogens (tertiary/aromatic N) is 1. The van der Waals surface area contributed by atoms with Crippen LogP contribution < -0.4 is 0 Å². The van der Waals surface area contributed by atoms with E-state index in [0.29, 0.717) is 0 Å². The highest BCUT2D eigenvalue weighted by molar-refractivity contribution is 7.94. The predicted molar refractivity (Wildman–Crippen MR) is 84.1 cm³/mol. The molecule has 0 saturated carbocycles. The molecular formula is C15H15NO9S. The number of hydrogen-bond donors (Lipinski definition) is 3. The number of hydrogen-bond acceptors (Lipinski definition) is 8. The van der Waals surface area contributed by atoms with Gasteiger partial charge in [0.05, 0.1) is 12.0 Å². The van der Waals surface area contributed by atoms with Gasteiger partial charge in [0.15, 0.2) is 27.4 Å². The van der Waals surface area contributed by atoms with Gasteiger partial charge in [0.2, 0.25) is 5.91 Å². The zero-order valence-corrected chi connectivity index (χ0v) is 14.3. The molecule has 1 amide bonds. The van der Waals surface area contributed by atoms with Crippen molar-refractivity contribution >= 4 is 27.7 Å². The molecule has 1 aromatic carbocycles. The summed E-state index contributed by atoms with van der Waals surface area (Å²) >= 11 is 0. The molecule has 2 aliphatic rings. The summed E-state index contributed by atoms with van der Waals surface area (Å²) in [7, 11) is -4.09. The Morgan fingerprint density at radius 2 is 1.96 bits per heavy atom. The van der Waals surface area contributed by atoms with Crippen molar-refractivity contribution in [2.75, 3.05) is 6.61 Å². The topological polar surface area (TPSA) is 159 Å². The van der Waals surface area contributed by atoms with Gasteiger partial charge in [0, 0.05) is 0 Å². The molecule has 0 bridgehead atoms. The van der Waals surface area contributed by atoms with Crippen LogP contribution in [0.2, 0.25) is 0 Å². The zero-order chi connectivity index (χ0) is 19.4. The van der Waals surface area contributed by atoms with Crippen LogP contribution in [-0.4, -0.2) is 69.3 Å². The van der Waals surface area contributed by atoms with E-state index < -0.39 is 62.0 Å². The van der Waals surface area contributed by atoms with Crippen LogP contribution in [0.3, 0.4) is 0 Å². The van der Waals surface area contributed by atoms with E-state index in [0.717, 1.165) is 30.0 Å². The van der Waals surface area contributed by atoms with Gasteiger partial charge in [-0.05, 0) is 25.1 Å². The van der Waals surface area contributed by atoms with Crippen molar-refractivity contribution < 1.29 is 42.9 Å². The summed E-state index contributed by atoms with van der Waals surface area (Å²) in [4.78, 5) is 36.1. The van der Waals surface area contributed by atoms with Gasteiger partial charge in [-0.1, -0.05) is 0 Å². The molecule has 11 heteroatoms. The van der Waals surface area contributed by atoms with Gasteiger partial charge in [0.1, 0.15) is 16.7 Å². The minimum Gasteiger partial charge on any atom is -0.504 e. The maximum absolute atomic E-state index is 12.7. The number of phenolic OH excluding ortho intramolecular Hbond substituents is 2. The number of amides is 1. The highest BCUT2D eigenvalue weighted by atomic mass is 32.2. The SMILES string of the molecule is C[C@]1(COC(=O)c2ccc(O)c(O)c2)[C@H](C(=O)O)N2C(=O)C[C@H]2S1(=O)=O. The minimum absolute atomic E-state index is 0.162. The van der Waals surface area contributed by atoms with Gasteiger partial charge in [-0.2, -0.15) is 0 Å². The smallest absolute Gasteiger partial charge is 0.338 e. The third-order valence-electron chi connectivity index (χ3n) is 4.75. The Morgan fingerprint density at radius 3 is 2.50 bits per heavy atom. The molecule has 140 valence electrons. The van der Waals surface area contributed by atoms with Gasteiger partial charge >= 0.3 is 11.9 Å². The van der Waals surface area contributed by atoms with E-state index >= 15 is 0 Å². The van der Waals surface area contributed by atoms with E-state index in [2.05, 4.69) is 0 Å². The average molecular weight is 385 g/mol. The molecule has 2 aliphatic heterocycles. The molecule has 3 atom stereocenters. The van der Waals surface area contributed by atoms with Crippen LogP contribution in [0.15, 0.2) is 18.2 Å². The Hall–Kier alpha value is -2.82. The lowest BCUT2D eigenvalue weighted by Gasteiger charge is -2.35. The number of fused-ring (bicyclic) bond motifs is 1. The fourth-order valence-electron chi connectivity index (χ4n) is 3.22. The standard InChI is InChI=1S/C15H15NO9S/c1-15(6-25-14(22)7-2-3-8(17)9(18)4-7)12(13(20)21)16-10(19)5-11(16)26(15,23)24/h2-4,11-12,17-18H,5-6H2,1H3,(H,20,21)/t11-,12+,15+/m1/s1. The summed E-state index contributed by atoms with van der Waals surface area (Å²) in [5, 5.41) is 26.8. The van der Waals surface area contributed by atoms with Gasteiger partial charge in [0.25, 0.3) is 0 Å². The van der Waals surface area contributed by atoms with Crippen molar-refractivity contribution in [1.29, 1.82) is 0 Å². The number of aliphatic carboxylic acids is 1. The van der Waals surface area contributed by atoms with Gasteiger partial charge < -0.3 is 25.0 Å². The van der Waals surface area contributed by atoms with Crippen LogP contribution in [0.4, 0.5) is 0 Å². The van der Waals surface area contributed by atoms with Crippen molar-refractivity contribution in [3.8, 4) is 11.5 Å². The quantitative estimate of drug-likeness (QED) is 0.351. The Morgan fingerprint density at radius 1 is 1.31 bits per heavy atom. The molecule has 0 unspecified atom stereocenters. The first-order chi connectivity index (χ1) is 12.0. The molecule has 10 nitrogen and oxygen atoms in total. The average Bonchev–Trinajstić information content (AvgIpc) is 2.70. The Kier molecular flexibility index (Phi) is 3.87. The Labute approximate surface area is 147 Å². The first-order valence-electron chi connectivity index (χ1n) is 7.47. The molecule has 0 aromatic heterocycles. The van der Waals surface area contributed by atoms with Gasteiger partial charge in [-0.15, -0.1) is 0 Å². The Balaban J connectivity index is 1.87. The number of ether oxygens (including phenoxy) is 1. The number of carboxylic acid groups (broad SMARTS) is 1. The molecule has 26 heavy (non-hydrogen) atoms. The molecule has 3 rings (SSSR count). The number of aromatic hydroxyl groups is 2. The van der Waals surface area contributed by atoms with Gasteiger partial charge in [-0.25, -0.2) is 18.0 Å². The molecule has 1 aromatic rings. The van der Waals surface area contributed by atoms with E-state index in [1.54, 1.807) is 0 Å². The van der Waals surface area contributed by atoms with E-state index in [4.69, 9.17) is 4.74 Å². The number of carbonyl (C=O) groups is 3. The Bertz CT molecular complexity index is 925. The van der Waals surface area contributed by atoms with E-state index in [1.165, 1.54) is 0 Å². The number of esters is 1. The third kappa shape index (κ3) is 2.30. The van der Waals surface area contributed by atoms with E-state index in [1.807, 2.05) is 0 Å². The number of carbonyl (C=O) groups excluding carboxylic acids is 2. The molecule has 2 fully saturated rings. The lowest BCUT2D eigenvalue weighted by molar-refractivity contribution is -0.158. The molecule has 2 heterocycles. The number of phenols is 2. The predicted octanol–water partition coefficient (Wildman–Crippen LogP) is -0.547. The van der Waals surface area contributed by atoms with Crippen molar-refractivity contribution in [2.24, 2.45) is 0 Å². The summed E-state index contributed by atoms with van der Waals surface area (Å²) in [6.07, 6.45) is -0.304. The molecule has 0 aliphatic carbocycles. The van der Waals surface area contributed by atoms with Crippen LogP contribution in [-0.2, 0) is 24.2 Å². The van der Waals surface area contributed by atoms with Crippen LogP contribution in [0, 0.1) is 0 Å². The number of sulfone groups is 1. The van der Waals surface area contributed by atoms with Crippen LogP contribution in [0.25, 0.3) is 0 Å². The fraction of sp³-hybridized carbons (Fsp3) is 0.400. The number of benzene rings is 1. The minimum atomic E-state index is -4.09.